The van der Waals surface area contributed by atoms with Crippen molar-refractivity contribution in [2.24, 2.45) is 0 Å². The van der Waals surface area contributed by atoms with Crippen LogP contribution in [0.1, 0.15) is 36.8 Å². The lowest BCUT2D eigenvalue weighted by Crippen LogP contribution is -2.30. The van der Waals surface area contributed by atoms with Crippen LogP contribution in [-0.2, 0) is 41.5 Å². The minimum atomic E-state index is -4.86. The maximum absolute atomic E-state index is 12.8. The van der Waals surface area contributed by atoms with E-state index in [4.69, 9.17) is 9.47 Å². The number of benzene rings is 4. The number of anilines is 2. The van der Waals surface area contributed by atoms with Crippen molar-refractivity contribution in [2.75, 3.05) is 23.0 Å². The minimum Gasteiger partial charge on any atom is -0.434 e. The molecule has 340 valence electrons. The third kappa shape index (κ3) is 10.3. The predicted octanol–water partition coefficient (Wildman–Crippen LogP) is 7.22. The van der Waals surface area contributed by atoms with Gasteiger partial charge in [-0.25, -0.2) is 24.1 Å². The standard InChI is InChI=1S/C43H32F6N8O9/c44-42(45,46)65-31-9-5-29(6-10-31)54-23-50-39(52-54)27-3-1-25(33(21-27)56-35(58)13-14-36(56)59)17-19-63-41(62)64-20-18-26-2-4-28(22-34(26)57-37(60)15-16-38(57)61)40-51-24-55(53-40)30-7-11-32(12-8-30)66-43(47,48)49/h1-12,21-24H,13-20H2. The Balaban J connectivity index is 0.913. The van der Waals surface area contributed by atoms with Crippen LogP contribution in [0.25, 0.3) is 34.2 Å². The number of hydrogen-bond acceptors (Lipinski definition) is 13. The van der Waals surface area contributed by atoms with Crippen LogP contribution >= 0.6 is 0 Å². The number of ether oxygens (including phenoxy) is 4. The van der Waals surface area contributed by atoms with Gasteiger partial charge in [-0.15, -0.1) is 36.5 Å². The molecule has 2 saturated heterocycles. The average molecular weight is 919 g/mol. The highest BCUT2D eigenvalue weighted by molar-refractivity contribution is 6.21. The number of nitrogens with zero attached hydrogens (tertiary/aromatic N) is 8. The van der Waals surface area contributed by atoms with Crippen LogP contribution in [0.3, 0.4) is 0 Å². The van der Waals surface area contributed by atoms with Crippen molar-refractivity contribution in [3.63, 3.8) is 0 Å². The van der Waals surface area contributed by atoms with E-state index in [-0.39, 0.29) is 74.8 Å². The zero-order valence-electron chi connectivity index (χ0n) is 33.9. The van der Waals surface area contributed by atoms with Gasteiger partial charge in [-0.05, 0) is 71.8 Å². The van der Waals surface area contributed by atoms with Gasteiger partial charge in [0.1, 0.15) is 24.2 Å². The van der Waals surface area contributed by atoms with Gasteiger partial charge in [0.15, 0.2) is 11.6 Å². The number of carbonyl (C=O) groups excluding carboxylic acids is 5. The summed E-state index contributed by atoms with van der Waals surface area (Å²) < 4.78 is 96.7. The lowest BCUT2D eigenvalue weighted by atomic mass is 10.0. The van der Waals surface area contributed by atoms with Gasteiger partial charge >= 0.3 is 18.9 Å². The summed E-state index contributed by atoms with van der Waals surface area (Å²) in [6.45, 7) is -0.464. The highest BCUT2D eigenvalue weighted by atomic mass is 19.4. The zero-order chi connectivity index (χ0) is 46.8. The van der Waals surface area contributed by atoms with Crippen molar-refractivity contribution in [1.29, 1.82) is 0 Å². The average Bonchev–Trinajstić information content (AvgIpc) is 4.09. The molecule has 4 heterocycles. The molecule has 0 bridgehead atoms. The van der Waals surface area contributed by atoms with Crippen LogP contribution in [0.5, 0.6) is 11.5 Å². The lowest BCUT2D eigenvalue weighted by Gasteiger charge is -2.19. The Kier molecular flexibility index (Phi) is 12.3. The Morgan fingerprint density at radius 1 is 0.530 bits per heavy atom. The highest BCUT2D eigenvalue weighted by Crippen LogP contribution is 2.34. The maximum atomic E-state index is 12.8. The number of hydrogen-bond donors (Lipinski definition) is 0. The first kappa shape index (κ1) is 44.5. The molecule has 0 unspecified atom stereocenters. The predicted molar refractivity (Wildman–Crippen MR) is 215 cm³/mol. The Morgan fingerprint density at radius 2 is 0.894 bits per heavy atom. The molecule has 8 rings (SSSR count). The van der Waals surface area contributed by atoms with Crippen LogP contribution in [0.15, 0.2) is 97.6 Å². The smallest absolute Gasteiger partial charge is 0.434 e. The van der Waals surface area contributed by atoms with Crippen molar-refractivity contribution in [3.05, 3.63) is 109 Å². The number of carbonyl (C=O) groups is 5. The number of imide groups is 2. The summed E-state index contributed by atoms with van der Waals surface area (Å²) in [6, 6.07) is 19.4. The molecule has 4 aromatic carbocycles. The van der Waals surface area contributed by atoms with E-state index < -0.39 is 54.0 Å². The zero-order valence-corrected chi connectivity index (χ0v) is 33.9. The Bertz CT molecular complexity index is 2610. The molecule has 2 fully saturated rings. The van der Waals surface area contributed by atoms with Gasteiger partial charge in [0.2, 0.25) is 23.6 Å². The van der Waals surface area contributed by atoms with Crippen molar-refractivity contribution in [2.45, 2.75) is 51.2 Å². The quantitative estimate of drug-likeness (QED) is 0.0605. The molecule has 0 spiro atoms. The Morgan fingerprint density at radius 3 is 1.24 bits per heavy atom. The fraction of sp³-hybridized carbons (Fsp3) is 0.233. The first-order chi connectivity index (χ1) is 31.5. The fourth-order valence-corrected chi connectivity index (χ4v) is 7.11. The molecule has 6 aromatic rings. The van der Waals surface area contributed by atoms with Crippen molar-refractivity contribution in [3.8, 4) is 45.6 Å². The van der Waals surface area contributed by atoms with E-state index >= 15 is 0 Å². The van der Waals surface area contributed by atoms with E-state index in [1.165, 1.54) is 58.4 Å². The Hall–Kier alpha value is -8.11. The first-order valence-electron chi connectivity index (χ1n) is 19.8. The SMILES string of the molecule is O=C(OCCc1ccc(-c2ncn(-c3ccc(OC(F)(F)F)cc3)n2)cc1N1C(=O)CCC1=O)OCCc1ccc(-c2ncn(-c3ccc(OC(F)(F)F)cc3)n2)cc1N1C(=O)CCC1=O. The number of aromatic nitrogens is 6. The van der Waals surface area contributed by atoms with Gasteiger partial charge in [0.05, 0.1) is 36.0 Å². The molecule has 0 atom stereocenters. The molecule has 0 N–H and O–H groups in total. The monoisotopic (exact) mass is 918 g/mol. The first-order valence-corrected chi connectivity index (χ1v) is 19.8. The van der Waals surface area contributed by atoms with Gasteiger partial charge in [0, 0.05) is 49.7 Å². The molecule has 17 nitrogen and oxygen atoms in total. The molecule has 66 heavy (non-hydrogen) atoms. The third-order valence-electron chi connectivity index (χ3n) is 10.1. The van der Waals surface area contributed by atoms with E-state index in [0.29, 0.717) is 33.6 Å². The summed E-state index contributed by atoms with van der Waals surface area (Å²) in [6.07, 6.45) is -8.05. The summed E-state index contributed by atoms with van der Waals surface area (Å²) >= 11 is 0. The largest absolute Gasteiger partial charge is 0.573 e. The van der Waals surface area contributed by atoms with Crippen LogP contribution in [-0.4, -0.2) is 85.3 Å². The van der Waals surface area contributed by atoms with Crippen LogP contribution in [0.4, 0.5) is 42.5 Å². The topological polar surface area (TPSA) is 190 Å². The van der Waals surface area contributed by atoms with E-state index in [1.807, 2.05) is 0 Å². The molecule has 0 saturated carbocycles. The normalized spacial score (nSPS) is 14.3. The van der Waals surface area contributed by atoms with Crippen molar-refractivity contribution < 1.29 is 69.3 Å². The Labute approximate surface area is 368 Å². The summed E-state index contributed by atoms with van der Waals surface area (Å²) in [4.78, 5) is 74.8. The highest BCUT2D eigenvalue weighted by Gasteiger charge is 2.35. The molecular weight excluding hydrogens is 887 g/mol. The van der Waals surface area contributed by atoms with Crippen molar-refractivity contribution >= 4 is 41.2 Å². The summed E-state index contributed by atoms with van der Waals surface area (Å²) in [5, 5.41) is 8.80. The van der Waals surface area contributed by atoms with Crippen molar-refractivity contribution in [1.82, 2.24) is 29.5 Å². The molecule has 4 amide bonds. The second kappa shape index (κ2) is 18.2. The third-order valence-corrected chi connectivity index (χ3v) is 10.1. The molecular formula is C43H32F6N8O9. The van der Waals surface area contributed by atoms with Gasteiger partial charge in [-0.2, -0.15) is 0 Å². The van der Waals surface area contributed by atoms with Gasteiger partial charge in [-0.3, -0.25) is 29.0 Å². The van der Waals surface area contributed by atoms with Crippen LogP contribution < -0.4 is 19.3 Å². The van der Waals surface area contributed by atoms with Crippen LogP contribution in [0.2, 0.25) is 0 Å². The fourth-order valence-electron chi connectivity index (χ4n) is 7.11. The molecule has 0 aliphatic carbocycles. The second-order valence-electron chi connectivity index (χ2n) is 14.5. The summed E-state index contributed by atoms with van der Waals surface area (Å²) in [7, 11) is 0. The van der Waals surface area contributed by atoms with E-state index in [0.717, 1.165) is 34.1 Å². The lowest BCUT2D eigenvalue weighted by molar-refractivity contribution is -0.275. The second-order valence-corrected chi connectivity index (χ2v) is 14.5. The number of halogens is 6. The van der Waals surface area contributed by atoms with Crippen LogP contribution in [0, 0.1) is 0 Å². The molecule has 2 aliphatic rings. The number of amides is 4. The van der Waals surface area contributed by atoms with Gasteiger partial charge in [-0.1, -0.05) is 24.3 Å². The number of rotatable bonds is 14. The number of alkyl halides is 6. The molecule has 0 radical (unpaired) electrons. The van der Waals surface area contributed by atoms with Gasteiger partial charge in [0.25, 0.3) is 0 Å². The van der Waals surface area contributed by atoms with E-state index in [1.54, 1.807) is 24.3 Å². The molecule has 2 aliphatic heterocycles. The van der Waals surface area contributed by atoms with Gasteiger partial charge < -0.3 is 18.9 Å². The molecule has 2 aromatic heterocycles. The minimum absolute atomic E-state index is 0.0111. The molecule has 23 heteroatoms. The van der Waals surface area contributed by atoms with E-state index in [2.05, 4.69) is 29.6 Å². The summed E-state index contributed by atoms with van der Waals surface area (Å²) in [5.41, 5.74) is 2.93. The maximum Gasteiger partial charge on any atom is 0.573 e. The summed E-state index contributed by atoms with van der Waals surface area (Å²) in [5.74, 6) is -2.27. The van der Waals surface area contributed by atoms with E-state index in [9.17, 15) is 50.3 Å².